The topological polar surface area (TPSA) is 43.8 Å². The monoisotopic (exact) mass is 193 g/mol. The summed E-state index contributed by atoms with van der Waals surface area (Å²) in [5, 5.41) is 4.59. The van der Waals surface area contributed by atoms with Gasteiger partial charge in [0.25, 0.3) is 0 Å². The van der Waals surface area contributed by atoms with Crippen molar-refractivity contribution >= 4 is 0 Å². The summed E-state index contributed by atoms with van der Waals surface area (Å²) in [4.78, 5) is 0. The number of hydrogen-bond donors (Lipinski definition) is 1. The molecule has 0 bridgehead atoms. The molecule has 1 heterocycles. The highest BCUT2D eigenvalue weighted by molar-refractivity contribution is 5.18. The molecule has 1 fully saturated rings. The van der Waals surface area contributed by atoms with Gasteiger partial charge in [-0.2, -0.15) is 5.10 Å². The lowest BCUT2D eigenvalue weighted by molar-refractivity contribution is 0.431. The second kappa shape index (κ2) is 3.73. The Morgan fingerprint density at radius 3 is 2.71 bits per heavy atom. The molecule has 78 valence electrons. The lowest BCUT2D eigenvalue weighted by Gasteiger charge is -2.24. The van der Waals surface area contributed by atoms with Crippen LogP contribution in [0, 0.1) is 0 Å². The fourth-order valence-electron chi connectivity index (χ4n) is 2.44. The van der Waals surface area contributed by atoms with Crippen LogP contribution in [0.1, 0.15) is 38.3 Å². The van der Waals surface area contributed by atoms with Gasteiger partial charge in [-0.15, -0.1) is 0 Å². The van der Waals surface area contributed by atoms with Crippen LogP contribution in [0.5, 0.6) is 0 Å². The van der Waals surface area contributed by atoms with E-state index >= 15 is 0 Å². The van der Waals surface area contributed by atoms with Gasteiger partial charge in [0.05, 0.1) is 5.69 Å². The molecule has 3 heteroatoms. The second-order valence-electron chi connectivity index (χ2n) is 4.25. The fourth-order valence-corrected chi connectivity index (χ4v) is 2.44. The summed E-state index contributed by atoms with van der Waals surface area (Å²) in [6.07, 6.45) is 7.09. The molecule has 2 N–H and O–H groups in total. The van der Waals surface area contributed by atoms with Crippen molar-refractivity contribution in [3.63, 3.8) is 0 Å². The maximum absolute atomic E-state index is 5.90. The smallest absolute Gasteiger partial charge is 0.0698 e. The predicted molar refractivity (Wildman–Crippen MR) is 57.1 cm³/mol. The van der Waals surface area contributed by atoms with Gasteiger partial charge < -0.3 is 5.73 Å². The van der Waals surface area contributed by atoms with Crippen molar-refractivity contribution in [2.75, 3.05) is 6.54 Å². The fraction of sp³-hybridized carbons (Fsp3) is 0.727. The van der Waals surface area contributed by atoms with Crippen molar-refractivity contribution < 1.29 is 0 Å². The SMILES string of the molecule is CCn1ccc(C2(CN)CCCC2)n1. The Balaban J connectivity index is 2.26. The van der Waals surface area contributed by atoms with E-state index in [1.54, 1.807) is 0 Å². The molecule has 1 aromatic heterocycles. The molecule has 0 aromatic carbocycles. The standard InChI is InChI=1S/C11H19N3/c1-2-14-8-5-10(13-14)11(9-12)6-3-4-7-11/h5,8H,2-4,6-7,9,12H2,1H3. The molecule has 0 aliphatic heterocycles. The van der Waals surface area contributed by atoms with Crippen LogP contribution in [-0.2, 0) is 12.0 Å². The van der Waals surface area contributed by atoms with Gasteiger partial charge in [-0.05, 0) is 25.8 Å². The Labute approximate surface area is 85.3 Å². The van der Waals surface area contributed by atoms with Crippen LogP contribution in [0.2, 0.25) is 0 Å². The largest absolute Gasteiger partial charge is 0.330 e. The summed E-state index contributed by atoms with van der Waals surface area (Å²) in [5.41, 5.74) is 7.30. The van der Waals surface area contributed by atoms with E-state index in [1.807, 2.05) is 4.68 Å². The minimum Gasteiger partial charge on any atom is -0.330 e. The van der Waals surface area contributed by atoms with Crippen LogP contribution < -0.4 is 5.73 Å². The zero-order chi connectivity index (χ0) is 10.0. The van der Waals surface area contributed by atoms with Gasteiger partial charge >= 0.3 is 0 Å². The molecule has 0 spiro atoms. The quantitative estimate of drug-likeness (QED) is 0.793. The Morgan fingerprint density at radius 2 is 2.21 bits per heavy atom. The van der Waals surface area contributed by atoms with Crippen LogP contribution >= 0.6 is 0 Å². The van der Waals surface area contributed by atoms with Crippen molar-refractivity contribution in [1.29, 1.82) is 0 Å². The molecule has 0 unspecified atom stereocenters. The average molecular weight is 193 g/mol. The summed E-state index contributed by atoms with van der Waals surface area (Å²) >= 11 is 0. The third kappa shape index (κ3) is 1.46. The van der Waals surface area contributed by atoms with Gasteiger partial charge in [0.2, 0.25) is 0 Å². The zero-order valence-corrected chi connectivity index (χ0v) is 8.87. The van der Waals surface area contributed by atoms with E-state index < -0.39 is 0 Å². The van der Waals surface area contributed by atoms with E-state index in [-0.39, 0.29) is 5.41 Å². The number of aromatic nitrogens is 2. The van der Waals surface area contributed by atoms with Gasteiger partial charge in [0, 0.05) is 24.7 Å². The zero-order valence-electron chi connectivity index (χ0n) is 8.87. The highest BCUT2D eigenvalue weighted by atomic mass is 15.3. The molecule has 2 rings (SSSR count). The van der Waals surface area contributed by atoms with Crippen molar-refractivity contribution in [1.82, 2.24) is 9.78 Å². The normalized spacial score (nSPS) is 20.1. The first kappa shape index (κ1) is 9.71. The van der Waals surface area contributed by atoms with Gasteiger partial charge in [-0.1, -0.05) is 12.8 Å². The van der Waals surface area contributed by atoms with E-state index in [1.165, 1.54) is 31.4 Å². The number of hydrogen-bond acceptors (Lipinski definition) is 2. The maximum Gasteiger partial charge on any atom is 0.0698 e. The van der Waals surface area contributed by atoms with Crippen molar-refractivity contribution in [3.8, 4) is 0 Å². The number of aryl methyl sites for hydroxylation is 1. The Morgan fingerprint density at radius 1 is 1.50 bits per heavy atom. The van der Waals surface area contributed by atoms with E-state index in [0.717, 1.165) is 13.1 Å². The first-order valence-corrected chi connectivity index (χ1v) is 5.55. The average Bonchev–Trinajstić information content (AvgIpc) is 2.87. The minimum absolute atomic E-state index is 0.195. The Hall–Kier alpha value is -0.830. The van der Waals surface area contributed by atoms with Crippen LogP contribution in [0.25, 0.3) is 0 Å². The molecule has 14 heavy (non-hydrogen) atoms. The maximum atomic E-state index is 5.90. The minimum atomic E-state index is 0.195. The van der Waals surface area contributed by atoms with Gasteiger partial charge in [-0.25, -0.2) is 0 Å². The Kier molecular flexibility index (Phi) is 2.59. The summed E-state index contributed by atoms with van der Waals surface area (Å²) < 4.78 is 1.99. The first-order valence-electron chi connectivity index (χ1n) is 5.55. The van der Waals surface area contributed by atoms with Crippen LogP contribution in [0.15, 0.2) is 12.3 Å². The first-order chi connectivity index (χ1) is 6.80. The van der Waals surface area contributed by atoms with Crippen molar-refractivity contribution in [3.05, 3.63) is 18.0 Å². The molecule has 1 aliphatic rings. The van der Waals surface area contributed by atoms with Crippen LogP contribution in [0.4, 0.5) is 0 Å². The second-order valence-corrected chi connectivity index (χ2v) is 4.25. The molecule has 1 saturated carbocycles. The highest BCUT2D eigenvalue weighted by Gasteiger charge is 2.36. The molecule has 1 aromatic rings. The third-order valence-electron chi connectivity index (χ3n) is 3.46. The lowest BCUT2D eigenvalue weighted by atomic mass is 9.83. The van der Waals surface area contributed by atoms with E-state index in [9.17, 15) is 0 Å². The number of nitrogens with two attached hydrogens (primary N) is 1. The molecular formula is C11H19N3. The molecule has 0 radical (unpaired) electrons. The summed E-state index contributed by atoms with van der Waals surface area (Å²) in [6, 6.07) is 2.14. The van der Waals surface area contributed by atoms with Crippen molar-refractivity contribution in [2.24, 2.45) is 5.73 Å². The van der Waals surface area contributed by atoms with Gasteiger partial charge in [0.1, 0.15) is 0 Å². The van der Waals surface area contributed by atoms with Crippen LogP contribution in [-0.4, -0.2) is 16.3 Å². The summed E-state index contributed by atoms with van der Waals surface area (Å²) in [7, 11) is 0. The highest BCUT2D eigenvalue weighted by Crippen LogP contribution is 2.39. The van der Waals surface area contributed by atoms with Crippen LogP contribution in [0.3, 0.4) is 0 Å². The lowest BCUT2D eigenvalue weighted by Crippen LogP contribution is -2.32. The number of rotatable bonds is 3. The molecule has 0 amide bonds. The number of nitrogens with zero attached hydrogens (tertiary/aromatic N) is 2. The molecular weight excluding hydrogens is 174 g/mol. The van der Waals surface area contributed by atoms with E-state index in [2.05, 4.69) is 24.3 Å². The Bertz CT molecular complexity index is 297. The summed E-state index contributed by atoms with van der Waals surface area (Å²) in [6.45, 7) is 3.80. The molecule has 0 atom stereocenters. The molecule has 3 nitrogen and oxygen atoms in total. The predicted octanol–water partition coefficient (Wildman–Crippen LogP) is 1.67. The van der Waals surface area contributed by atoms with Gasteiger partial charge in [0.15, 0.2) is 0 Å². The van der Waals surface area contributed by atoms with Crippen molar-refractivity contribution in [2.45, 2.75) is 44.6 Å². The third-order valence-corrected chi connectivity index (χ3v) is 3.46. The van der Waals surface area contributed by atoms with E-state index in [4.69, 9.17) is 5.73 Å². The molecule has 1 aliphatic carbocycles. The van der Waals surface area contributed by atoms with Gasteiger partial charge in [-0.3, -0.25) is 4.68 Å². The van der Waals surface area contributed by atoms with E-state index in [0.29, 0.717) is 0 Å². The summed E-state index contributed by atoms with van der Waals surface area (Å²) in [5.74, 6) is 0. The molecule has 0 saturated heterocycles.